The Bertz CT molecular complexity index is 1150. The molecule has 1 amide bonds. The second-order valence-corrected chi connectivity index (χ2v) is 8.95. The van der Waals surface area contributed by atoms with Gasteiger partial charge in [-0.1, -0.05) is 23.7 Å². The molecule has 0 spiro atoms. The molecule has 3 unspecified atom stereocenters. The van der Waals surface area contributed by atoms with E-state index in [0.717, 1.165) is 5.56 Å². The average Bonchev–Trinajstić information content (AvgIpc) is 3.25. The van der Waals surface area contributed by atoms with E-state index in [-0.39, 0.29) is 31.1 Å². The molecule has 3 atom stereocenters. The summed E-state index contributed by atoms with van der Waals surface area (Å²) in [5.41, 5.74) is 2.02. The van der Waals surface area contributed by atoms with Crippen molar-refractivity contribution in [2.75, 3.05) is 33.5 Å². The summed E-state index contributed by atoms with van der Waals surface area (Å²) < 4.78 is 30.9. The summed E-state index contributed by atoms with van der Waals surface area (Å²) in [6.07, 6.45) is 0.560. The van der Waals surface area contributed by atoms with E-state index in [0.29, 0.717) is 52.9 Å². The molecule has 2 aromatic carbocycles. The van der Waals surface area contributed by atoms with Crippen LogP contribution in [0.4, 0.5) is 4.39 Å². The molecule has 3 aromatic rings. The zero-order valence-corrected chi connectivity index (χ0v) is 19.9. The fourth-order valence-corrected chi connectivity index (χ4v) is 4.49. The lowest BCUT2D eigenvalue weighted by molar-refractivity contribution is -0.0486. The molecule has 182 valence electrons. The van der Waals surface area contributed by atoms with Crippen LogP contribution < -0.4 is 4.74 Å². The third-order valence-electron chi connectivity index (χ3n) is 6.09. The van der Waals surface area contributed by atoms with Crippen LogP contribution in [0.5, 0.6) is 5.75 Å². The average molecular weight is 491 g/mol. The largest absolute Gasteiger partial charge is 0.493 e. The standard InChI is InChI=1S/C25H28ClFN2O5/c1-15-13-29(20(6-7-30)14-33-15)25(31)17-9-21-24(22(10-17)32-2)34-23(28-21)11-18(12-27)16-4-3-5-19(26)8-16/h3-5,8-10,15,18,20,30H,6-7,11-14H2,1-2H3. The van der Waals surface area contributed by atoms with Gasteiger partial charge in [0.15, 0.2) is 17.2 Å². The first-order valence-corrected chi connectivity index (χ1v) is 11.6. The fourth-order valence-electron chi connectivity index (χ4n) is 4.29. The lowest BCUT2D eigenvalue weighted by Gasteiger charge is -2.38. The van der Waals surface area contributed by atoms with E-state index in [1.807, 2.05) is 13.0 Å². The molecule has 4 rings (SSSR count). The zero-order valence-electron chi connectivity index (χ0n) is 19.2. The number of morpholine rings is 1. The van der Waals surface area contributed by atoms with Gasteiger partial charge in [-0.15, -0.1) is 0 Å². The highest BCUT2D eigenvalue weighted by molar-refractivity contribution is 6.30. The number of halogens is 2. The molecule has 0 saturated carbocycles. The molecule has 34 heavy (non-hydrogen) atoms. The SMILES string of the molecule is COc1cc(C(=O)N2CC(C)OCC2CCO)cc2nc(CC(CF)c3cccc(Cl)c3)oc12. The number of rotatable bonds is 8. The van der Waals surface area contributed by atoms with Gasteiger partial charge in [0.2, 0.25) is 0 Å². The molecule has 0 bridgehead atoms. The van der Waals surface area contributed by atoms with E-state index in [1.165, 1.54) is 7.11 Å². The van der Waals surface area contributed by atoms with Gasteiger partial charge >= 0.3 is 0 Å². The van der Waals surface area contributed by atoms with Gasteiger partial charge in [0, 0.05) is 36.1 Å². The van der Waals surface area contributed by atoms with Gasteiger partial charge in [0.1, 0.15) is 5.52 Å². The Hall–Kier alpha value is -2.68. The molecule has 1 aliphatic heterocycles. The summed E-state index contributed by atoms with van der Waals surface area (Å²) in [7, 11) is 1.49. The number of aromatic nitrogens is 1. The van der Waals surface area contributed by atoms with Crippen LogP contribution in [0.3, 0.4) is 0 Å². The summed E-state index contributed by atoms with van der Waals surface area (Å²) in [6, 6.07) is 10.1. The molecular weight excluding hydrogens is 463 g/mol. The summed E-state index contributed by atoms with van der Waals surface area (Å²) in [5.74, 6) is 0.0599. The van der Waals surface area contributed by atoms with Crippen LogP contribution in [-0.4, -0.2) is 66.6 Å². The van der Waals surface area contributed by atoms with E-state index < -0.39 is 12.6 Å². The van der Waals surface area contributed by atoms with Crippen molar-refractivity contribution in [3.8, 4) is 5.75 Å². The maximum absolute atomic E-state index is 13.9. The third-order valence-corrected chi connectivity index (χ3v) is 6.32. The van der Waals surface area contributed by atoms with Crippen LogP contribution >= 0.6 is 11.6 Å². The Morgan fingerprint density at radius 2 is 2.21 bits per heavy atom. The number of benzene rings is 2. The number of nitrogens with zero attached hydrogens (tertiary/aromatic N) is 2. The van der Waals surface area contributed by atoms with Crippen LogP contribution in [0.1, 0.15) is 41.1 Å². The first kappa shape index (κ1) is 24.4. The van der Waals surface area contributed by atoms with Gasteiger partial charge in [-0.2, -0.15) is 0 Å². The minimum absolute atomic E-state index is 0.0381. The van der Waals surface area contributed by atoms with Crippen molar-refractivity contribution in [3.63, 3.8) is 0 Å². The molecule has 1 saturated heterocycles. The Labute approximate surface area is 202 Å². The third kappa shape index (κ3) is 5.19. The lowest BCUT2D eigenvalue weighted by atomic mass is 9.97. The maximum Gasteiger partial charge on any atom is 0.254 e. The molecule has 1 aliphatic rings. The predicted octanol–water partition coefficient (Wildman–Crippen LogP) is 4.40. The van der Waals surface area contributed by atoms with Crippen molar-refractivity contribution < 1.29 is 28.2 Å². The first-order valence-electron chi connectivity index (χ1n) is 11.3. The number of aliphatic hydroxyl groups excluding tert-OH is 1. The number of amides is 1. The first-order chi connectivity index (χ1) is 16.4. The quantitative estimate of drug-likeness (QED) is 0.504. The van der Waals surface area contributed by atoms with Crippen molar-refractivity contribution in [2.24, 2.45) is 0 Å². The number of fused-ring (bicyclic) bond motifs is 1. The van der Waals surface area contributed by atoms with Crippen molar-refractivity contribution in [3.05, 3.63) is 58.4 Å². The fraction of sp³-hybridized carbons (Fsp3) is 0.440. The Morgan fingerprint density at radius 1 is 1.38 bits per heavy atom. The predicted molar refractivity (Wildman–Crippen MR) is 126 cm³/mol. The maximum atomic E-state index is 13.9. The zero-order chi connectivity index (χ0) is 24.2. The van der Waals surface area contributed by atoms with Gasteiger partial charge in [-0.05, 0) is 43.2 Å². The molecule has 2 heterocycles. The lowest BCUT2D eigenvalue weighted by Crippen LogP contribution is -2.51. The topological polar surface area (TPSA) is 85.0 Å². The molecular formula is C25H28ClFN2O5. The van der Waals surface area contributed by atoms with Crippen molar-refractivity contribution in [1.82, 2.24) is 9.88 Å². The highest BCUT2D eigenvalue weighted by Gasteiger charge is 2.31. The summed E-state index contributed by atoms with van der Waals surface area (Å²) in [5, 5.41) is 9.94. The monoisotopic (exact) mass is 490 g/mol. The van der Waals surface area contributed by atoms with Crippen LogP contribution in [0.2, 0.25) is 5.02 Å². The molecule has 1 N–H and O–H groups in total. The van der Waals surface area contributed by atoms with E-state index in [4.69, 9.17) is 25.5 Å². The number of methoxy groups -OCH3 is 1. The molecule has 0 aliphatic carbocycles. The highest BCUT2D eigenvalue weighted by atomic mass is 35.5. The van der Waals surface area contributed by atoms with Crippen LogP contribution in [0.15, 0.2) is 40.8 Å². The summed E-state index contributed by atoms with van der Waals surface area (Å²) >= 11 is 6.07. The van der Waals surface area contributed by atoms with Gasteiger partial charge in [-0.25, -0.2) is 4.98 Å². The summed E-state index contributed by atoms with van der Waals surface area (Å²) in [4.78, 5) is 19.7. The van der Waals surface area contributed by atoms with Gasteiger partial charge in [-0.3, -0.25) is 9.18 Å². The Kier molecular flexibility index (Phi) is 7.70. The smallest absolute Gasteiger partial charge is 0.254 e. The number of carbonyl (C=O) groups is 1. The number of aliphatic hydroxyl groups is 1. The minimum atomic E-state index is -0.596. The number of oxazole rings is 1. The van der Waals surface area contributed by atoms with E-state index in [9.17, 15) is 14.3 Å². The highest BCUT2D eigenvalue weighted by Crippen LogP contribution is 2.32. The Morgan fingerprint density at radius 3 is 2.91 bits per heavy atom. The molecule has 7 nitrogen and oxygen atoms in total. The van der Waals surface area contributed by atoms with Gasteiger partial charge in [0.05, 0.1) is 32.5 Å². The number of ether oxygens (including phenoxy) is 2. The Balaban J connectivity index is 1.64. The van der Waals surface area contributed by atoms with E-state index >= 15 is 0 Å². The molecule has 9 heteroatoms. The number of alkyl halides is 1. The van der Waals surface area contributed by atoms with E-state index in [1.54, 1.807) is 35.2 Å². The number of carbonyl (C=O) groups excluding carboxylic acids is 1. The normalized spacial score (nSPS) is 19.4. The minimum Gasteiger partial charge on any atom is -0.493 e. The van der Waals surface area contributed by atoms with E-state index in [2.05, 4.69) is 4.98 Å². The van der Waals surface area contributed by atoms with Crippen molar-refractivity contribution >= 4 is 28.6 Å². The van der Waals surface area contributed by atoms with Crippen LogP contribution in [0, 0.1) is 0 Å². The molecule has 1 fully saturated rings. The second-order valence-electron chi connectivity index (χ2n) is 8.51. The number of hydrogen-bond acceptors (Lipinski definition) is 6. The summed E-state index contributed by atoms with van der Waals surface area (Å²) in [6.45, 7) is 2.07. The van der Waals surface area contributed by atoms with Crippen LogP contribution in [-0.2, 0) is 11.2 Å². The molecule has 0 radical (unpaired) electrons. The van der Waals surface area contributed by atoms with Gasteiger partial charge < -0.3 is 23.9 Å². The van der Waals surface area contributed by atoms with Crippen molar-refractivity contribution in [1.29, 1.82) is 0 Å². The van der Waals surface area contributed by atoms with Crippen molar-refractivity contribution in [2.45, 2.75) is 37.8 Å². The number of hydrogen-bond donors (Lipinski definition) is 1. The molecule has 1 aromatic heterocycles. The second kappa shape index (κ2) is 10.7. The van der Waals surface area contributed by atoms with Gasteiger partial charge in [0.25, 0.3) is 5.91 Å². The van der Waals surface area contributed by atoms with Crippen LogP contribution in [0.25, 0.3) is 11.1 Å².